The van der Waals surface area contributed by atoms with Crippen molar-refractivity contribution in [3.63, 3.8) is 0 Å². The molecule has 2 N–H and O–H groups in total. The molecule has 128 valence electrons. The molecule has 3 rings (SSSR count). The Kier molecular flexibility index (Phi) is 4.97. The molecule has 1 aromatic heterocycles. The van der Waals surface area contributed by atoms with E-state index in [1.54, 1.807) is 37.5 Å². The van der Waals surface area contributed by atoms with Crippen LogP contribution in [0.5, 0.6) is 11.5 Å². The molecule has 1 heterocycles. The normalized spacial score (nSPS) is 11.8. The van der Waals surface area contributed by atoms with E-state index in [0.717, 1.165) is 5.56 Å². The summed E-state index contributed by atoms with van der Waals surface area (Å²) in [5.41, 5.74) is 1.78. The van der Waals surface area contributed by atoms with Crippen LogP contribution < -0.4 is 15.0 Å². The minimum absolute atomic E-state index is 0.125. The monoisotopic (exact) mass is 356 g/mol. The molecule has 3 aromatic rings. The minimum atomic E-state index is -2.18. The van der Waals surface area contributed by atoms with Crippen LogP contribution >= 0.6 is 0 Å². The van der Waals surface area contributed by atoms with E-state index in [1.807, 2.05) is 30.3 Å². The van der Waals surface area contributed by atoms with Crippen molar-refractivity contribution in [3.8, 4) is 22.6 Å². The van der Waals surface area contributed by atoms with Crippen LogP contribution in [0.1, 0.15) is 0 Å². The van der Waals surface area contributed by atoms with E-state index in [4.69, 9.17) is 9.29 Å². The number of pyridine rings is 1. The molecule has 0 aliphatic rings. The summed E-state index contributed by atoms with van der Waals surface area (Å²) in [6, 6.07) is 17.5. The second-order valence-electron chi connectivity index (χ2n) is 5.34. The summed E-state index contributed by atoms with van der Waals surface area (Å²) in [4.78, 5) is 11.6. The van der Waals surface area contributed by atoms with E-state index >= 15 is 0 Å². The summed E-state index contributed by atoms with van der Waals surface area (Å²) in [7, 11) is 1.66. The molecule has 0 bridgehead atoms. The second kappa shape index (κ2) is 7.33. The molecule has 0 aliphatic carbocycles. The van der Waals surface area contributed by atoms with Gasteiger partial charge in [0.15, 0.2) is 0 Å². The Bertz CT molecular complexity index is 970. The Morgan fingerprint density at radius 3 is 2.52 bits per heavy atom. The van der Waals surface area contributed by atoms with Gasteiger partial charge in [0.2, 0.25) is 5.56 Å². The zero-order valence-corrected chi connectivity index (χ0v) is 14.2. The number of aromatic nitrogens is 1. The summed E-state index contributed by atoms with van der Waals surface area (Å²) in [6.45, 7) is 0. The summed E-state index contributed by atoms with van der Waals surface area (Å²) in [6.07, 6.45) is 1.69. The highest BCUT2D eigenvalue weighted by molar-refractivity contribution is 7.80. The Labute approximate surface area is 147 Å². The van der Waals surface area contributed by atoms with Crippen molar-refractivity contribution in [2.24, 2.45) is 7.05 Å². The molecule has 0 fully saturated rings. The fourth-order valence-corrected chi connectivity index (χ4v) is 2.71. The van der Waals surface area contributed by atoms with Crippen LogP contribution in [-0.4, -0.2) is 13.3 Å². The lowest BCUT2D eigenvalue weighted by Crippen LogP contribution is -2.14. The highest BCUT2D eigenvalue weighted by Gasteiger charge is 2.11. The molecule has 1 atom stereocenters. The number of nitrogens with one attached hydrogen (secondary N) is 1. The molecule has 0 spiro atoms. The number of nitrogens with zero attached hydrogens (tertiary/aromatic N) is 1. The van der Waals surface area contributed by atoms with Gasteiger partial charge < -0.3 is 9.30 Å². The van der Waals surface area contributed by atoms with Crippen molar-refractivity contribution < 1.29 is 13.5 Å². The lowest BCUT2D eigenvalue weighted by molar-refractivity contribution is 0.484. The van der Waals surface area contributed by atoms with Gasteiger partial charge in [-0.3, -0.25) is 14.1 Å². The molecular formula is C18H16N2O4S. The fourth-order valence-electron chi connectivity index (χ4n) is 2.38. The third-order valence-electron chi connectivity index (χ3n) is 3.55. The number of benzene rings is 2. The highest BCUT2D eigenvalue weighted by atomic mass is 32.2. The van der Waals surface area contributed by atoms with E-state index in [-0.39, 0.29) is 5.56 Å². The van der Waals surface area contributed by atoms with Gasteiger partial charge >= 0.3 is 0 Å². The van der Waals surface area contributed by atoms with E-state index in [2.05, 4.69) is 4.72 Å². The van der Waals surface area contributed by atoms with Crippen LogP contribution in [0.25, 0.3) is 11.1 Å². The van der Waals surface area contributed by atoms with Gasteiger partial charge in [-0.15, -0.1) is 0 Å². The number of rotatable bonds is 5. The Hall–Kier alpha value is -2.90. The summed E-state index contributed by atoms with van der Waals surface area (Å²) < 4.78 is 29.9. The number of aryl methyl sites for hydroxylation is 1. The molecular weight excluding hydrogens is 340 g/mol. The summed E-state index contributed by atoms with van der Waals surface area (Å²) >= 11 is -2.18. The van der Waals surface area contributed by atoms with Gasteiger partial charge in [-0.1, -0.05) is 18.2 Å². The van der Waals surface area contributed by atoms with Gasteiger partial charge in [0.25, 0.3) is 11.3 Å². The van der Waals surface area contributed by atoms with Gasteiger partial charge in [-0.05, 0) is 36.4 Å². The van der Waals surface area contributed by atoms with Gasteiger partial charge in [0, 0.05) is 36.1 Å². The zero-order chi connectivity index (χ0) is 17.8. The molecule has 25 heavy (non-hydrogen) atoms. The van der Waals surface area contributed by atoms with Gasteiger partial charge in [0.05, 0.1) is 0 Å². The molecule has 0 saturated carbocycles. The van der Waals surface area contributed by atoms with E-state index in [0.29, 0.717) is 22.7 Å². The van der Waals surface area contributed by atoms with Crippen molar-refractivity contribution in [1.82, 2.24) is 4.57 Å². The molecule has 1 unspecified atom stereocenters. The standard InChI is InChI=1S/C18H16N2O4S/c1-20-12-13(7-10-18(20)21)16-11-14(19-25(22)23)8-9-17(16)24-15-5-3-2-4-6-15/h2-12,19H,1H3,(H,22,23). The SMILES string of the molecule is Cn1cc(-c2cc(NS(=O)O)ccc2Oc2ccccc2)ccc1=O. The summed E-state index contributed by atoms with van der Waals surface area (Å²) in [5.74, 6) is 1.24. The average Bonchev–Trinajstić information content (AvgIpc) is 2.59. The lowest BCUT2D eigenvalue weighted by atomic mass is 10.1. The predicted molar refractivity (Wildman–Crippen MR) is 98.0 cm³/mol. The van der Waals surface area contributed by atoms with Crippen molar-refractivity contribution in [3.05, 3.63) is 77.2 Å². The fraction of sp³-hybridized carbons (Fsp3) is 0.0556. The van der Waals surface area contributed by atoms with Gasteiger partial charge in [-0.2, -0.15) is 0 Å². The lowest BCUT2D eigenvalue weighted by Gasteiger charge is -2.14. The van der Waals surface area contributed by atoms with Crippen LogP contribution in [0.3, 0.4) is 0 Å². The second-order valence-corrected chi connectivity index (χ2v) is 6.05. The van der Waals surface area contributed by atoms with Crippen molar-refractivity contribution >= 4 is 17.0 Å². The number of para-hydroxylation sites is 1. The molecule has 6 nitrogen and oxygen atoms in total. The number of hydrogen-bond acceptors (Lipinski definition) is 3. The average molecular weight is 356 g/mol. The minimum Gasteiger partial charge on any atom is -0.457 e. The predicted octanol–water partition coefficient (Wildman–Crippen LogP) is 3.39. The first-order valence-corrected chi connectivity index (χ1v) is 8.55. The Morgan fingerprint density at radius 1 is 1.08 bits per heavy atom. The zero-order valence-electron chi connectivity index (χ0n) is 13.4. The van der Waals surface area contributed by atoms with E-state index < -0.39 is 11.3 Å². The van der Waals surface area contributed by atoms with E-state index in [1.165, 1.54) is 10.6 Å². The molecule has 7 heteroatoms. The van der Waals surface area contributed by atoms with Gasteiger partial charge in [-0.25, -0.2) is 4.21 Å². The topological polar surface area (TPSA) is 80.6 Å². The Balaban J connectivity index is 2.08. The van der Waals surface area contributed by atoms with Crippen molar-refractivity contribution in [2.75, 3.05) is 4.72 Å². The number of ether oxygens (including phenoxy) is 1. The van der Waals surface area contributed by atoms with Crippen molar-refractivity contribution in [2.45, 2.75) is 0 Å². The molecule has 0 aliphatic heterocycles. The maximum atomic E-state index is 11.6. The number of anilines is 1. The molecule has 0 amide bonds. The summed E-state index contributed by atoms with van der Waals surface area (Å²) in [5, 5.41) is 0. The highest BCUT2D eigenvalue weighted by Crippen LogP contribution is 2.35. The van der Waals surface area contributed by atoms with Crippen LogP contribution in [0, 0.1) is 0 Å². The Morgan fingerprint density at radius 2 is 1.84 bits per heavy atom. The van der Waals surface area contributed by atoms with Crippen LogP contribution in [0.15, 0.2) is 71.7 Å². The maximum absolute atomic E-state index is 11.6. The first kappa shape index (κ1) is 16.9. The third-order valence-corrected chi connectivity index (χ3v) is 3.96. The quantitative estimate of drug-likeness (QED) is 0.687. The first-order valence-electron chi connectivity index (χ1n) is 7.44. The molecule has 0 saturated heterocycles. The maximum Gasteiger partial charge on any atom is 0.259 e. The van der Waals surface area contributed by atoms with Crippen LogP contribution in [0.4, 0.5) is 5.69 Å². The largest absolute Gasteiger partial charge is 0.457 e. The van der Waals surface area contributed by atoms with E-state index in [9.17, 15) is 9.00 Å². The molecule has 2 aromatic carbocycles. The third kappa shape index (κ3) is 4.14. The first-order chi connectivity index (χ1) is 12.0. The van der Waals surface area contributed by atoms with Gasteiger partial charge in [0.1, 0.15) is 11.5 Å². The van der Waals surface area contributed by atoms with Crippen LogP contribution in [0.2, 0.25) is 0 Å². The smallest absolute Gasteiger partial charge is 0.259 e. The molecule has 0 radical (unpaired) electrons. The van der Waals surface area contributed by atoms with Crippen molar-refractivity contribution in [1.29, 1.82) is 0 Å². The van der Waals surface area contributed by atoms with Crippen LogP contribution in [-0.2, 0) is 18.3 Å². The number of hydrogen-bond donors (Lipinski definition) is 2.